The number of hydrogen-bond acceptors (Lipinski definition) is 6. The lowest BCUT2D eigenvalue weighted by Crippen LogP contribution is -2.38. The molecule has 2 aromatic carbocycles. The third-order valence-electron chi connectivity index (χ3n) is 4.15. The molecule has 0 fully saturated rings. The summed E-state index contributed by atoms with van der Waals surface area (Å²) < 4.78 is 50.9. The Morgan fingerprint density at radius 1 is 1.07 bits per heavy atom. The summed E-state index contributed by atoms with van der Waals surface area (Å²) in [5.74, 6) is -1.48. The second-order valence-electron chi connectivity index (χ2n) is 6.56. The van der Waals surface area contributed by atoms with Crippen molar-refractivity contribution in [3.63, 3.8) is 0 Å². The van der Waals surface area contributed by atoms with Crippen molar-refractivity contribution in [2.45, 2.75) is 31.3 Å². The molecule has 0 aliphatic heterocycles. The molecular formula is C19H24N2O6S2. The lowest BCUT2D eigenvalue weighted by Gasteiger charge is -2.15. The number of benzene rings is 2. The Labute approximate surface area is 170 Å². The third kappa shape index (κ3) is 6.55. The van der Waals surface area contributed by atoms with E-state index in [2.05, 4.69) is 10.0 Å². The molecule has 0 saturated carbocycles. The van der Waals surface area contributed by atoms with Crippen LogP contribution in [0, 0.1) is 0 Å². The van der Waals surface area contributed by atoms with E-state index in [4.69, 9.17) is 0 Å². The van der Waals surface area contributed by atoms with E-state index in [9.17, 15) is 26.7 Å². The molecule has 0 spiro atoms. The maximum atomic E-state index is 12.5. The van der Waals surface area contributed by atoms with Crippen LogP contribution in [0.3, 0.4) is 0 Å². The Hall–Kier alpha value is -2.43. The average molecular weight is 441 g/mol. The molecule has 0 aliphatic rings. The van der Waals surface area contributed by atoms with Crippen molar-refractivity contribution in [2.75, 3.05) is 11.5 Å². The van der Waals surface area contributed by atoms with Crippen LogP contribution in [0.25, 0.3) is 0 Å². The minimum absolute atomic E-state index is 0.0563. The van der Waals surface area contributed by atoms with E-state index in [1.54, 1.807) is 24.3 Å². The van der Waals surface area contributed by atoms with Crippen molar-refractivity contribution in [1.82, 2.24) is 10.0 Å². The molecule has 8 nitrogen and oxygen atoms in total. The standard InChI is InChI=1S/C19H24N2O6S2/c1-3-28(24,25)13-14(2)21-19(23)17-11-16(9-10-18(17)22)29(26,27)20-12-15-7-5-4-6-8-15/h4-11,14,20,22H,3,12-13H2,1-2H3,(H,21,23)/t14-/m1/s1. The summed E-state index contributed by atoms with van der Waals surface area (Å²) in [6.07, 6.45) is 0. The molecule has 10 heteroatoms. The number of sulfonamides is 1. The van der Waals surface area contributed by atoms with E-state index in [0.717, 1.165) is 17.7 Å². The fourth-order valence-corrected chi connectivity index (χ4v) is 4.69. The highest BCUT2D eigenvalue weighted by Gasteiger charge is 2.21. The first kappa shape index (κ1) is 22.9. The average Bonchev–Trinajstić information content (AvgIpc) is 2.67. The number of carbonyl (C=O) groups excluding carboxylic acids is 1. The zero-order valence-electron chi connectivity index (χ0n) is 16.1. The van der Waals surface area contributed by atoms with E-state index >= 15 is 0 Å². The first-order chi connectivity index (χ1) is 13.5. The van der Waals surface area contributed by atoms with E-state index in [1.165, 1.54) is 19.9 Å². The predicted octanol–water partition coefficient (Wildman–Crippen LogP) is 1.42. The number of phenolic OH excluding ortho intramolecular Hbond substituents is 1. The van der Waals surface area contributed by atoms with Gasteiger partial charge < -0.3 is 10.4 Å². The number of phenols is 1. The van der Waals surface area contributed by atoms with Gasteiger partial charge in [-0.2, -0.15) is 0 Å². The Morgan fingerprint density at radius 3 is 2.34 bits per heavy atom. The van der Waals surface area contributed by atoms with Crippen molar-refractivity contribution >= 4 is 25.8 Å². The second kappa shape index (κ2) is 9.38. The van der Waals surface area contributed by atoms with Gasteiger partial charge in [0.05, 0.1) is 16.2 Å². The zero-order valence-corrected chi connectivity index (χ0v) is 17.8. The highest BCUT2D eigenvalue weighted by Crippen LogP contribution is 2.21. The van der Waals surface area contributed by atoms with Gasteiger partial charge in [0.1, 0.15) is 5.75 Å². The summed E-state index contributed by atoms with van der Waals surface area (Å²) in [7, 11) is -7.23. The number of aromatic hydroxyl groups is 1. The monoisotopic (exact) mass is 440 g/mol. The lowest BCUT2D eigenvalue weighted by atomic mass is 10.2. The van der Waals surface area contributed by atoms with E-state index in [1.807, 2.05) is 6.07 Å². The fourth-order valence-electron chi connectivity index (χ4n) is 2.56. The van der Waals surface area contributed by atoms with E-state index in [-0.39, 0.29) is 28.5 Å². The van der Waals surface area contributed by atoms with Crippen LogP contribution >= 0.6 is 0 Å². The summed E-state index contributed by atoms with van der Waals surface area (Å²) in [5.41, 5.74) is 0.507. The summed E-state index contributed by atoms with van der Waals surface area (Å²) in [6.45, 7) is 3.09. The highest BCUT2D eigenvalue weighted by molar-refractivity contribution is 7.91. The Balaban J connectivity index is 2.16. The molecule has 1 amide bonds. The van der Waals surface area contributed by atoms with Gasteiger partial charge in [-0.25, -0.2) is 21.6 Å². The molecule has 3 N–H and O–H groups in total. The van der Waals surface area contributed by atoms with Gasteiger partial charge in [-0.05, 0) is 30.7 Å². The molecule has 0 unspecified atom stereocenters. The largest absolute Gasteiger partial charge is 0.507 e. The highest BCUT2D eigenvalue weighted by atomic mass is 32.2. The number of sulfone groups is 1. The van der Waals surface area contributed by atoms with Gasteiger partial charge in [-0.15, -0.1) is 0 Å². The SMILES string of the molecule is CCS(=O)(=O)C[C@@H](C)NC(=O)c1cc(S(=O)(=O)NCc2ccccc2)ccc1O. The number of hydrogen-bond donors (Lipinski definition) is 3. The van der Waals surface area contributed by atoms with Crippen LogP contribution in [0.5, 0.6) is 5.75 Å². The van der Waals surface area contributed by atoms with Crippen LogP contribution in [0.2, 0.25) is 0 Å². The fraction of sp³-hybridized carbons (Fsp3) is 0.316. The molecule has 0 heterocycles. The van der Waals surface area contributed by atoms with E-state index in [0.29, 0.717) is 0 Å². The van der Waals surface area contributed by atoms with Crippen LogP contribution in [0.1, 0.15) is 29.8 Å². The van der Waals surface area contributed by atoms with Gasteiger partial charge in [0.15, 0.2) is 9.84 Å². The summed E-state index contributed by atoms with van der Waals surface area (Å²) in [5, 5.41) is 12.4. The van der Waals surface area contributed by atoms with Gasteiger partial charge in [0.2, 0.25) is 10.0 Å². The Morgan fingerprint density at radius 2 is 1.72 bits per heavy atom. The molecule has 0 saturated heterocycles. The summed E-state index contributed by atoms with van der Waals surface area (Å²) in [6, 6.07) is 11.6. The normalized spacial score (nSPS) is 13.0. The van der Waals surface area contributed by atoms with Crippen LogP contribution in [0.15, 0.2) is 53.4 Å². The van der Waals surface area contributed by atoms with Crippen LogP contribution in [-0.2, 0) is 26.4 Å². The van der Waals surface area contributed by atoms with Crippen molar-refractivity contribution in [1.29, 1.82) is 0 Å². The van der Waals surface area contributed by atoms with Gasteiger partial charge in [0.25, 0.3) is 5.91 Å². The van der Waals surface area contributed by atoms with Gasteiger partial charge in [-0.3, -0.25) is 4.79 Å². The van der Waals surface area contributed by atoms with Crippen molar-refractivity contribution in [3.8, 4) is 5.75 Å². The van der Waals surface area contributed by atoms with Crippen molar-refractivity contribution < 1.29 is 26.7 Å². The predicted molar refractivity (Wildman–Crippen MR) is 110 cm³/mol. The molecule has 0 aromatic heterocycles. The first-order valence-corrected chi connectivity index (χ1v) is 12.2. The van der Waals surface area contributed by atoms with Crippen LogP contribution in [-0.4, -0.2) is 45.4 Å². The molecule has 1 atom stereocenters. The van der Waals surface area contributed by atoms with Crippen molar-refractivity contribution in [2.24, 2.45) is 0 Å². The maximum Gasteiger partial charge on any atom is 0.255 e. The molecule has 2 rings (SSSR count). The lowest BCUT2D eigenvalue weighted by molar-refractivity contribution is 0.0940. The smallest absolute Gasteiger partial charge is 0.255 e. The topological polar surface area (TPSA) is 130 Å². The first-order valence-electron chi connectivity index (χ1n) is 8.92. The van der Waals surface area contributed by atoms with E-state index < -0.39 is 37.6 Å². The summed E-state index contributed by atoms with van der Waals surface area (Å²) >= 11 is 0. The molecule has 158 valence electrons. The number of rotatable bonds is 9. The minimum Gasteiger partial charge on any atom is -0.507 e. The molecule has 0 bridgehead atoms. The van der Waals surface area contributed by atoms with Gasteiger partial charge in [-0.1, -0.05) is 37.3 Å². The van der Waals surface area contributed by atoms with Crippen LogP contribution < -0.4 is 10.0 Å². The van der Waals surface area contributed by atoms with Crippen molar-refractivity contribution in [3.05, 3.63) is 59.7 Å². The number of nitrogens with one attached hydrogen (secondary N) is 2. The quantitative estimate of drug-likeness (QED) is 0.541. The minimum atomic E-state index is -3.93. The molecule has 2 aromatic rings. The van der Waals surface area contributed by atoms with Gasteiger partial charge in [0, 0.05) is 18.3 Å². The van der Waals surface area contributed by atoms with Gasteiger partial charge >= 0.3 is 0 Å². The third-order valence-corrected chi connectivity index (χ3v) is 7.44. The molecular weight excluding hydrogens is 416 g/mol. The molecule has 29 heavy (non-hydrogen) atoms. The molecule has 0 aliphatic carbocycles. The molecule has 0 radical (unpaired) electrons. The summed E-state index contributed by atoms with van der Waals surface area (Å²) in [4.78, 5) is 12.2. The Bertz CT molecular complexity index is 1070. The maximum absolute atomic E-state index is 12.5. The Kier molecular flexibility index (Phi) is 7.39. The number of carbonyl (C=O) groups is 1. The number of amides is 1. The zero-order chi connectivity index (χ0) is 21.7. The van der Waals surface area contributed by atoms with Crippen LogP contribution in [0.4, 0.5) is 0 Å². The second-order valence-corrected chi connectivity index (χ2v) is 10.7.